The topological polar surface area (TPSA) is 15.3 Å². The van der Waals surface area contributed by atoms with Gasteiger partial charge in [0.1, 0.15) is 0 Å². The number of nitrogens with zero attached hydrogens (tertiary/aromatic N) is 1. The molecule has 1 saturated heterocycles. The van der Waals surface area contributed by atoms with Crippen molar-refractivity contribution in [2.45, 2.75) is 53.0 Å². The van der Waals surface area contributed by atoms with E-state index in [9.17, 15) is 0 Å². The first-order chi connectivity index (χ1) is 8.01. The van der Waals surface area contributed by atoms with E-state index < -0.39 is 0 Å². The SMILES string of the molecule is CCC1CCN(CC2CC2(C)C)CC(C)CN1. The molecule has 1 N–H and O–H groups in total. The molecule has 0 aromatic carbocycles. The molecule has 100 valence electrons. The van der Waals surface area contributed by atoms with Crippen molar-refractivity contribution in [3.8, 4) is 0 Å². The van der Waals surface area contributed by atoms with Gasteiger partial charge in [-0.1, -0.05) is 27.7 Å². The highest BCUT2D eigenvalue weighted by Crippen LogP contribution is 2.51. The smallest absolute Gasteiger partial charge is 0.00767 e. The minimum absolute atomic E-state index is 0.633. The predicted molar refractivity (Wildman–Crippen MR) is 74.2 cm³/mol. The monoisotopic (exact) mass is 238 g/mol. The van der Waals surface area contributed by atoms with Crippen LogP contribution in [0.4, 0.5) is 0 Å². The van der Waals surface area contributed by atoms with E-state index in [-0.39, 0.29) is 0 Å². The van der Waals surface area contributed by atoms with E-state index in [1.165, 1.54) is 45.4 Å². The molecular formula is C15H30N2. The Morgan fingerprint density at radius 1 is 1.35 bits per heavy atom. The zero-order valence-corrected chi connectivity index (χ0v) is 12.1. The summed E-state index contributed by atoms with van der Waals surface area (Å²) < 4.78 is 0. The zero-order chi connectivity index (χ0) is 12.5. The van der Waals surface area contributed by atoms with Gasteiger partial charge in [0.15, 0.2) is 0 Å². The highest BCUT2D eigenvalue weighted by molar-refractivity contribution is 4.97. The molecule has 3 atom stereocenters. The van der Waals surface area contributed by atoms with Crippen molar-refractivity contribution in [3.63, 3.8) is 0 Å². The van der Waals surface area contributed by atoms with Crippen molar-refractivity contribution >= 4 is 0 Å². The van der Waals surface area contributed by atoms with Crippen LogP contribution in [0.1, 0.15) is 47.0 Å². The number of hydrogen-bond acceptors (Lipinski definition) is 2. The molecule has 2 fully saturated rings. The lowest BCUT2D eigenvalue weighted by molar-refractivity contribution is 0.184. The average Bonchev–Trinajstić information content (AvgIpc) is 2.83. The summed E-state index contributed by atoms with van der Waals surface area (Å²) in [5.41, 5.74) is 0.633. The first kappa shape index (κ1) is 13.4. The molecular weight excluding hydrogens is 208 g/mol. The molecule has 2 nitrogen and oxygen atoms in total. The Balaban J connectivity index is 1.83. The molecule has 1 aliphatic heterocycles. The van der Waals surface area contributed by atoms with Crippen LogP contribution in [0.2, 0.25) is 0 Å². The summed E-state index contributed by atoms with van der Waals surface area (Å²) in [5, 5.41) is 3.70. The van der Waals surface area contributed by atoms with Gasteiger partial charge in [-0.2, -0.15) is 0 Å². The van der Waals surface area contributed by atoms with Crippen LogP contribution in [-0.2, 0) is 0 Å². The molecule has 2 aliphatic rings. The lowest BCUT2D eigenvalue weighted by Gasteiger charge is -2.32. The van der Waals surface area contributed by atoms with Crippen LogP contribution in [0.5, 0.6) is 0 Å². The molecule has 0 radical (unpaired) electrons. The minimum atomic E-state index is 0.633. The highest BCUT2D eigenvalue weighted by atomic mass is 15.1. The Morgan fingerprint density at radius 3 is 2.65 bits per heavy atom. The lowest BCUT2D eigenvalue weighted by Crippen LogP contribution is -2.44. The highest BCUT2D eigenvalue weighted by Gasteiger charge is 2.46. The van der Waals surface area contributed by atoms with E-state index in [2.05, 4.69) is 37.9 Å². The normalized spacial score (nSPS) is 38.5. The standard InChI is InChI=1S/C15H30N2/c1-5-14-6-7-17(10-12(2)9-16-14)11-13-8-15(13,3)4/h12-14,16H,5-11H2,1-4H3. The summed E-state index contributed by atoms with van der Waals surface area (Å²) in [4.78, 5) is 2.73. The van der Waals surface area contributed by atoms with Gasteiger partial charge in [-0.3, -0.25) is 0 Å². The van der Waals surface area contributed by atoms with Gasteiger partial charge in [0.25, 0.3) is 0 Å². The third-order valence-corrected chi connectivity index (χ3v) is 4.81. The summed E-state index contributed by atoms with van der Waals surface area (Å²) >= 11 is 0. The number of hydrogen-bond donors (Lipinski definition) is 1. The van der Waals surface area contributed by atoms with Gasteiger partial charge >= 0.3 is 0 Å². The fourth-order valence-corrected chi connectivity index (χ4v) is 3.12. The Labute approximate surface area is 107 Å². The van der Waals surface area contributed by atoms with Gasteiger partial charge in [0.2, 0.25) is 0 Å². The third-order valence-electron chi connectivity index (χ3n) is 4.81. The lowest BCUT2D eigenvalue weighted by atomic mass is 10.0. The van der Waals surface area contributed by atoms with E-state index >= 15 is 0 Å². The maximum atomic E-state index is 3.70. The van der Waals surface area contributed by atoms with E-state index in [0.29, 0.717) is 5.41 Å². The number of nitrogens with one attached hydrogen (secondary N) is 1. The van der Waals surface area contributed by atoms with Crippen molar-refractivity contribution in [1.29, 1.82) is 0 Å². The Bertz CT molecular complexity index is 249. The number of rotatable bonds is 3. The second kappa shape index (κ2) is 5.27. The van der Waals surface area contributed by atoms with Crippen LogP contribution in [0, 0.1) is 17.3 Å². The minimum Gasteiger partial charge on any atom is -0.314 e. The molecule has 2 heteroatoms. The summed E-state index contributed by atoms with van der Waals surface area (Å²) in [5.74, 6) is 1.76. The molecule has 2 rings (SSSR count). The second-order valence-corrected chi connectivity index (χ2v) is 7.06. The molecule has 0 spiro atoms. The van der Waals surface area contributed by atoms with Crippen LogP contribution in [-0.4, -0.2) is 37.1 Å². The van der Waals surface area contributed by atoms with Gasteiger partial charge in [-0.05, 0) is 49.6 Å². The van der Waals surface area contributed by atoms with Crippen molar-refractivity contribution in [3.05, 3.63) is 0 Å². The van der Waals surface area contributed by atoms with E-state index in [0.717, 1.165) is 17.9 Å². The molecule has 1 aliphatic carbocycles. The molecule has 0 bridgehead atoms. The van der Waals surface area contributed by atoms with Gasteiger partial charge in [0, 0.05) is 19.1 Å². The van der Waals surface area contributed by atoms with E-state index in [1.54, 1.807) is 0 Å². The fraction of sp³-hybridized carbons (Fsp3) is 1.00. The van der Waals surface area contributed by atoms with Crippen molar-refractivity contribution in [2.24, 2.45) is 17.3 Å². The Hall–Kier alpha value is -0.0800. The second-order valence-electron chi connectivity index (χ2n) is 7.06. The molecule has 1 heterocycles. The van der Waals surface area contributed by atoms with Crippen LogP contribution in [0.15, 0.2) is 0 Å². The molecule has 3 unspecified atom stereocenters. The van der Waals surface area contributed by atoms with Crippen LogP contribution in [0.3, 0.4) is 0 Å². The summed E-state index contributed by atoms with van der Waals surface area (Å²) in [7, 11) is 0. The van der Waals surface area contributed by atoms with Crippen LogP contribution < -0.4 is 5.32 Å². The molecule has 1 saturated carbocycles. The average molecular weight is 238 g/mol. The van der Waals surface area contributed by atoms with Crippen molar-refractivity contribution < 1.29 is 0 Å². The summed E-state index contributed by atoms with van der Waals surface area (Å²) in [6, 6.07) is 0.743. The molecule has 0 aromatic heterocycles. The molecule has 0 amide bonds. The first-order valence-electron chi connectivity index (χ1n) is 7.47. The van der Waals surface area contributed by atoms with Crippen molar-refractivity contribution in [2.75, 3.05) is 26.2 Å². The quantitative estimate of drug-likeness (QED) is 0.813. The summed E-state index contributed by atoms with van der Waals surface area (Å²) in [6.45, 7) is 14.6. The van der Waals surface area contributed by atoms with Gasteiger partial charge in [0.05, 0.1) is 0 Å². The maximum Gasteiger partial charge on any atom is 0.00767 e. The fourth-order valence-electron chi connectivity index (χ4n) is 3.12. The Kier molecular flexibility index (Phi) is 4.14. The zero-order valence-electron chi connectivity index (χ0n) is 12.1. The molecule has 0 aromatic rings. The molecule has 17 heavy (non-hydrogen) atoms. The van der Waals surface area contributed by atoms with Crippen molar-refractivity contribution in [1.82, 2.24) is 10.2 Å². The van der Waals surface area contributed by atoms with E-state index in [1.807, 2.05) is 0 Å². The van der Waals surface area contributed by atoms with Gasteiger partial charge in [-0.25, -0.2) is 0 Å². The predicted octanol–water partition coefficient (Wildman–Crippen LogP) is 2.74. The largest absolute Gasteiger partial charge is 0.314 e. The third kappa shape index (κ3) is 3.69. The Morgan fingerprint density at radius 2 is 2.06 bits per heavy atom. The first-order valence-corrected chi connectivity index (χ1v) is 7.47. The van der Waals surface area contributed by atoms with E-state index in [4.69, 9.17) is 0 Å². The van der Waals surface area contributed by atoms with Gasteiger partial charge in [-0.15, -0.1) is 0 Å². The van der Waals surface area contributed by atoms with Crippen LogP contribution >= 0.6 is 0 Å². The van der Waals surface area contributed by atoms with Gasteiger partial charge < -0.3 is 10.2 Å². The van der Waals surface area contributed by atoms with Crippen LogP contribution in [0.25, 0.3) is 0 Å². The summed E-state index contributed by atoms with van der Waals surface area (Å²) in [6.07, 6.45) is 4.04. The maximum absolute atomic E-state index is 3.70.